The summed E-state index contributed by atoms with van der Waals surface area (Å²) in [5.41, 5.74) is 1.85. The van der Waals surface area contributed by atoms with E-state index in [1.54, 1.807) is 0 Å². The Balaban J connectivity index is 2.59. The van der Waals surface area contributed by atoms with Crippen molar-refractivity contribution < 1.29 is 9.90 Å². The van der Waals surface area contributed by atoms with Gasteiger partial charge in [-0.2, -0.15) is 0 Å². The average molecular weight is 193 g/mol. The Morgan fingerprint density at radius 3 is 2.57 bits per heavy atom. The van der Waals surface area contributed by atoms with Crippen LogP contribution in [0, 0.1) is 0 Å². The second kappa shape index (κ2) is 5.40. The molecule has 1 rings (SSSR count). The third kappa shape index (κ3) is 3.18. The van der Waals surface area contributed by atoms with Gasteiger partial charge in [-0.3, -0.25) is 4.79 Å². The van der Waals surface area contributed by atoms with E-state index in [2.05, 4.69) is 5.32 Å². The molecule has 1 aromatic rings. The fourth-order valence-corrected chi connectivity index (χ4v) is 1.22. The molecular formula is C11H15NO2. The van der Waals surface area contributed by atoms with Crippen LogP contribution in [0.3, 0.4) is 0 Å². The number of hydrogen-bond acceptors (Lipinski definition) is 2. The van der Waals surface area contributed by atoms with Crippen LogP contribution in [0.15, 0.2) is 24.3 Å². The normalized spacial score (nSPS) is 12.1. The largest absolute Gasteiger partial charge is 0.393 e. The van der Waals surface area contributed by atoms with Crippen molar-refractivity contribution in [3.05, 3.63) is 29.8 Å². The Labute approximate surface area is 83.8 Å². The Bertz CT molecular complexity index is 282. The molecule has 0 heterocycles. The van der Waals surface area contributed by atoms with Crippen LogP contribution in [0.2, 0.25) is 0 Å². The van der Waals surface area contributed by atoms with Crippen molar-refractivity contribution >= 4 is 12.1 Å². The van der Waals surface area contributed by atoms with E-state index in [1.807, 2.05) is 31.2 Å². The number of rotatable bonds is 5. The van der Waals surface area contributed by atoms with Crippen LogP contribution in [0.1, 0.15) is 18.9 Å². The maximum atomic E-state index is 10.1. The van der Waals surface area contributed by atoms with Crippen molar-refractivity contribution in [2.24, 2.45) is 0 Å². The molecule has 1 amide bonds. The van der Waals surface area contributed by atoms with Crippen LogP contribution < -0.4 is 5.32 Å². The summed E-state index contributed by atoms with van der Waals surface area (Å²) in [7, 11) is 0. The van der Waals surface area contributed by atoms with Gasteiger partial charge in [0.2, 0.25) is 6.41 Å². The lowest BCUT2D eigenvalue weighted by Gasteiger charge is -2.07. The number of benzene rings is 1. The lowest BCUT2D eigenvalue weighted by Crippen LogP contribution is -2.08. The highest BCUT2D eigenvalue weighted by molar-refractivity contribution is 5.70. The Morgan fingerprint density at radius 1 is 1.43 bits per heavy atom. The second-order valence-corrected chi connectivity index (χ2v) is 3.23. The van der Waals surface area contributed by atoms with Gasteiger partial charge >= 0.3 is 0 Å². The van der Waals surface area contributed by atoms with E-state index < -0.39 is 0 Å². The number of nitrogens with one attached hydrogen (secondary N) is 1. The summed E-state index contributed by atoms with van der Waals surface area (Å²) < 4.78 is 0. The topological polar surface area (TPSA) is 49.3 Å². The zero-order valence-corrected chi connectivity index (χ0v) is 8.23. The fourth-order valence-electron chi connectivity index (χ4n) is 1.22. The van der Waals surface area contributed by atoms with Gasteiger partial charge in [-0.25, -0.2) is 0 Å². The lowest BCUT2D eigenvalue weighted by molar-refractivity contribution is -0.105. The van der Waals surface area contributed by atoms with Crippen molar-refractivity contribution in [2.45, 2.75) is 25.9 Å². The number of amides is 1. The van der Waals surface area contributed by atoms with Gasteiger partial charge in [0.1, 0.15) is 0 Å². The van der Waals surface area contributed by atoms with Crippen molar-refractivity contribution in [3.63, 3.8) is 0 Å². The molecule has 0 bridgehead atoms. The number of carbonyl (C=O) groups is 1. The molecule has 1 aromatic carbocycles. The summed E-state index contributed by atoms with van der Waals surface area (Å²) in [4.78, 5) is 10.1. The highest BCUT2D eigenvalue weighted by atomic mass is 16.3. The summed E-state index contributed by atoms with van der Waals surface area (Å²) >= 11 is 0. The van der Waals surface area contributed by atoms with E-state index in [4.69, 9.17) is 0 Å². The minimum atomic E-state index is -0.278. The van der Waals surface area contributed by atoms with Crippen molar-refractivity contribution in [1.82, 2.24) is 0 Å². The maximum absolute atomic E-state index is 10.1. The number of anilines is 1. The van der Waals surface area contributed by atoms with E-state index in [1.165, 1.54) is 0 Å². The van der Waals surface area contributed by atoms with Gasteiger partial charge in [0.25, 0.3) is 0 Å². The van der Waals surface area contributed by atoms with Gasteiger partial charge < -0.3 is 10.4 Å². The monoisotopic (exact) mass is 193 g/mol. The number of hydrogen-bond donors (Lipinski definition) is 2. The minimum Gasteiger partial charge on any atom is -0.393 e. The van der Waals surface area contributed by atoms with Gasteiger partial charge in [-0.1, -0.05) is 19.1 Å². The first-order chi connectivity index (χ1) is 6.76. The lowest BCUT2D eigenvalue weighted by atomic mass is 10.1. The summed E-state index contributed by atoms with van der Waals surface area (Å²) in [5.74, 6) is 0. The van der Waals surface area contributed by atoms with Crippen molar-refractivity contribution in [2.75, 3.05) is 5.32 Å². The third-order valence-corrected chi connectivity index (χ3v) is 2.12. The first-order valence-electron chi connectivity index (χ1n) is 4.73. The van der Waals surface area contributed by atoms with E-state index >= 15 is 0 Å². The first kappa shape index (κ1) is 10.7. The predicted molar refractivity (Wildman–Crippen MR) is 56.1 cm³/mol. The third-order valence-electron chi connectivity index (χ3n) is 2.12. The van der Waals surface area contributed by atoms with E-state index in [-0.39, 0.29) is 6.10 Å². The summed E-state index contributed by atoms with van der Waals surface area (Å²) in [5, 5.41) is 12.0. The smallest absolute Gasteiger partial charge is 0.211 e. The fraction of sp³-hybridized carbons (Fsp3) is 0.364. The molecule has 0 aliphatic carbocycles. The minimum absolute atomic E-state index is 0.278. The van der Waals surface area contributed by atoms with Gasteiger partial charge in [0.15, 0.2) is 0 Å². The van der Waals surface area contributed by atoms with Crippen LogP contribution in [0.25, 0.3) is 0 Å². The van der Waals surface area contributed by atoms with Crippen LogP contribution in [-0.2, 0) is 11.2 Å². The van der Waals surface area contributed by atoms with Crippen LogP contribution in [0.5, 0.6) is 0 Å². The van der Waals surface area contributed by atoms with Crippen molar-refractivity contribution in [1.29, 1.82) is 0 Å². The molecule has 2 N–H and O–H groups in total. The average Bonchev–Trinajstić information content (AvgIpc) is 2.21. The van der Waals surface area contributed by atoms with E-state index in [0.29, 0.717) is 12.8 Å². The second-order valence-electron chi connectivity index (χ2n) is 3.23. The summed E-state index contributed by atoms with van der Waals surface area (Å²) in [6.07, 6.45) is 1.79. The summed E-state index contributed by atoms with van der Waals surface area (Å²) in [6, 6.07) is 7.47. The standard InChI is InChI=1S/C11H15NO2/c1-2-11(14)7-9-3-5-10(6-4-9)12-8-13/h3-6,8,11,14H,2,7H2,1H3,(H,12,13). The molecule has 0 spiro atoms. The molecule has 1 atom stereocenters. The quantitative estimate of drug-likeness (QED) is 0.697. The molecule has 3 heteroatoms. The maximum Gasteiger partial charge on any atom is 0.211 e. The first-order valence-corrected chi connectivity index (χ1v) is 4.73. The molecule has 0 aliphatic rings. The summed E-state index contributed by atoms with van der Waals surface area (Å²) in [6.45, 7) is 1.95. The Hall–Kier alpha value is -1.35. The Morgan fingerprint density at radius 2 is 2.07 bits per heavy atom. The van der Waals surface area contributed by atoms with Crippen molar-refractivity contribution in [3.8, 4) is 0 Å². The molecule has 0 radical (unpaired) electrons. The highest BCUT2D eigenvalue weighted by Gasteiger charge is 2.01. The predicted octanol–water partition coefficient (Wildman–Crippen LogP) is 1.57. The molecule has 0 fully saturated rings. The van der Waals surface area contributed by atoms with Crippen LogP contribution in [-0.4, -0.2) is 17.6 Å². The van der Waals surface area contributed by atoms with Gasteiger partial charge in [-0.15, -0.1) is 0 Å². The zero-order chi connectivity index (χ0) is 10.4. The highest BCUT2D eigenvalue weighted by Crippen LogP contribution is 2.11. The molecule has 0 saturated heterocycles. The molecule has 1 unspecified atom stereocenters. The molecule has 14 heavy (non-hydrogen) atoms. The van der Waals surface area contributed by atoms with Gasteiger partial charge in [0.05, 0.1) is 6.10 Å². The van der Waals surface area contributed by atoms with Crippen LogP contribution in [0.4, 0.5) is 5.69 Å². The Kier molecular flexibility index (Phi) is 4.13. The van der Waals surface area contributed by atoms with Crippen LogP contribution >= 0.6 is 0 Å². The molecular weight excluding hydrogens is 178 g/mol. The molecule has 76 valence electrons. The number of aliphatic hydroxyl groups excluding tert-OH is 1. The molecule has 3 nitrogen and oxygen atoms in total. The van der Waals surface area contributed by atoms with E-state index in [9.17, 15) is 9.90 Å². The van der Waals surface area contributed by atoms with Gasteiger partial charge in [0, 0.05) is 5.69 Å². The molecule has 0 aliphatic heterocycles. The number of carbonyl (C=O) groups excluding carboxylic acids is 1. The SMILES string of the molecule is CCC(O)Cc1ccc(NC=O)cc1. The number of aliphatic hydroxyl groups is 1. The van der Waals surface area contributed by atoms with E-state index in [0.717, 1.165) is 17.7 Å². The molecule has 0 saturated carbocycles. The molecule has 0 aromatic heterocycles. The zero-order valence-electron chi connectivity index (χ0n) is 8.23. The van der Waals surface area contributed by atoms with Gasteiger partial charge in [-0.05, 0) is 30.5 Å².